The van der Waals surface area contributed by atoms with E-state index in [0.29, 0.717) is 0 Å². The molecule has 18 heavy (non-hydrogen) atoms. The smallest absolute Gasteiger partial charge is 0.145 e. The molecular formula is C15H19N3. The highest BCUT2D eigenvalue weighted by atomic mass is 15.1. The topological polar surface area (TPSA) is 30.7 Å². The Morgan fingerprint density at radius 3 is 2.72 bits per heavy atom. The van der Waals surface area contributed by atoms with Gasteiger partial charge in [-0.1, -0.05) is 12.2 Å². The molecule has 2 aromatic rings. The summed E-state index contributed by atoms with van der Waals surface area (Å²) in [5.74, 6) is 0.870. The number of hydrogen-bond acceptors (Lipinski definition) is 2. The van der Waals surface area contributed by atoms with Crippen molar-refractivity contribution in [2.45, 2.75) is 46.1 Å². The fourth-order valence-corrected chi connectivity index (χ4v) is 2.60. The molecule has 1 aliphatic carbocycles. The zero-order valence-corrected chi connectivity index (χ0v) is 11.5. The van der Waals surface area contributed by atoms with Gasteiger partial charge in [0.15, 0.2) is 0 Å². The summed E-state index contributed by atoms with van der Waals surface area (Å²) in [7, 11) is 0. The third kappa shape index (κ3) is 1.65. The summed E-state index contributed by atoms with van der Waals surface area (Å²) in [6, 6.07) is 0. The molecule has 0 spiro atoms. The third-order valence-electron chi connectivity index (χ3n) is 3.43. The average molecular weight is 241 g/mol. The number of aryl methyl sites for hydroxylation is 2. The summed E-state index contributed by atoms with van der Waals surface area (Å²) in [6.45, 7) is 8.61. The monoisotopic (exact) mass is 241 g/mol. The lowest BCUT2D eigenvalue weighted by Gasteiger charge is -2.22. The molecule has 1 aliphatic rings. The van der Waals surface area contributed by atoms with E-state index in [4.69, 9.17) is 0 Å². The Labute approximate surface area is 108 Å². The van der Waals surface area contributed by atoms with Crippen LogP contribution in [0.4, 0.5) is 0 Å². The predicted octanol–water partition coefficient (Wildman–Crippen LogP) is 3.45. The van der Waals surface area contributed by atoms with Crippen molar-refractivity contribution in [2.75, 3.05) is 0 Å². The molecule has 0 unspecified atom stereocenters. The molecule has 3 nitrogen and oxygen atoms in total. The first kappa shape index (κ1) is 11.5. The Kier molecular flexibility index (Phi) is 2.34. The second kappa shape index (κ2) is 3.67. The van der Waals surface area contributed by atoms with E-state index >= 15 is 0 Å². The Bertz CT molecular complexity index is 642. The van der Waals surface area contributed by atoms with Gasteiger partial charge in [-0.3, -0.25) is 0 Å². The molecule has 0 fully saturated rings. The highest BCUT2D eigenvalue weighted by Crippen LogP contribution is 2.31. The van der Waals surface area contributed by atoms with Crippen LogP contribution in [0, 0.1) is 6.92 Å². The Morgan fingerprint density at radius 2 is 2.00 bits per heavy atom. The van der Waals surface area contributed by atoms with Crippen LogP contribution in [0.2, 0.25) is 0 Å². The Hall–Kier alpha value is -1.64. The highest BCUT2D eigenvalue weighted by molar-refractivity contribution is 5.89. The second-order valence-corrected chi connectivity index (χ2v) is 5.98. The molecule has 3 rings (SSSR count). The lowest BCUT2D eigenvalue weighted by atomic mass is 10.1. The van der Waals surface area contributed by atoms with E-state index in [-0.39, 0.29) is 5.54 Å². The maximum absolute atomic E-state index is 4.67. The average Bonchev–Trinajstić information content (AvgIpc) is 2.49. The summed E-state index contributed by atoms with van der Waals surface area (Å²) < 4.78 is 2.27. The standard InChI is InChI=1S/C15H19N3/c1-10-16-12-8-6-5-7-11-9-18(15(2,3)4)14(17-10)13(11)12/h5,7,9H,6,8H2,1-4H3. The quantitative estimate of drug-likeness (QED) is 0.707. The van der Waals surface area contributed by atoms with Crippen molar-refractivity contribution >= 4 is 17.1 Å². The second-order valence-electron chi connectivity index (χ2n) is 5.98. The summed E-state index contributed by atoms with van der Waals surface area (Å²) in [6.07, 6.45) is 8.73. The number of rotatable bonds is 0. The number of aromatic nitrogens is 3. The van der Waals surface area contributed by atoms with Crippen LogP contribution in [-0.4, -0.2) is 14.5 Å². The van der Waals surface area contributed by atoms with Crippen molar-refractivity contribution in [1.82, 2.24) is 14.5 Å². The maximum atomic E-state index is 4.67. The van der Waals surface area contributed by atoms with Gasteiger partial charge >= 0.3 is 0 Å². The number of allylic oxidation sites excluding steroid dienone is 1. The molecule has 0 saturated carbocycles. The van der Waals surface area contributed by atoms with Gasteiger partial charge in [-0.05, 0) is 40.5 Å². The van der Waals surface area contributed by atoms with Crippen molar-refractivity contribution in [3.8, 4) is 0 Å². The number of hydrogen-bond donors (Lipinski definition) is 0. The molecule has 0 saturated heterocycles. The van der Waals surface area contributed by atoms with E-state index in [1.165, 1.54) is 16.6 Å². The third-order valence-corrected chi connectivity index (χ3v) is 3.43. The summed E-state index contributed by atoms with van der Waals surface area (Å²) in [4.78, 5) is 9.29. The van der Waals surface area contributed by atoms with Crippen LogP contribution in [-0.2, 0) is 12.0 Å². The largest absolute Gasteiger partial charge is 0.327 e. The van der Waals surface area contributed by atoms with Crippen LogP contribution >= 0.6 is 0 Å². The highest BCUT2D eigenvalue weighted by Gasteiger charge is 2.22. The molecular weight excluding hydrogens is 222 g/mol. The van der Waals surface area contributed by atoms with E-state index in [1.807, 2.05) is 6.92 Å². The minimum Gasteiger partial charge on any atom is -0.327 e. The lowest BCUT2D eigenvalue weighted by molar-refractivity contribution is 0.408. The fraction of sp³-hybridized carbons (Fsp3) is 0.467. The summed E-state index contributed by atoms with van der Waals surface area (Å²) in [5, 5.41) is 1.24. The van der Waals surface area contributed by atoms with E-state index in [2.05, 4.69) is 53.7 Å². The van der Waals surface area contributed by atoms with Gasteiger partial charge in [0.2, 0.25) is 0 Å². The molecule has 2 aromatic heterocycles. The minimum absolute atomic E-state index is 0.0433. The van der Waals surface area contributed by atoms with Gasteiger partial charge in [-0.25, -0.2) is 9.97 Å². The summed E-state index contributed by atoms with van der Waals surface area (Å²) in [5.41, 5.74) is 3.57. The van der Waals surface area contributed by atoms with Crippen LogP contribution in [0.5, 0.6) is 0 Å². The van der Waals surface area contributed by atoms with Crippen molar-refractivity contribution in [3.05, 3.63) is 29.4 Å². The van der Waals surface area contributed by atoms with Crippen molar-refractivity contribution in [1.29, 1.82) is 0 Å². The first-order valence-electron chi connectivity index (χ1n) is 6.52. The molecule has 2 heterocycles. The van der Waals surface area contributed by atoms with Gasteiger partial charge in [0.05, 0.1) is 5.69 Å². The van der Waals surface area contributed by atoms with E-state index in [0.717, 1.165) is 24.3 Å². The van der Waals surface area contributed by atoms with Gasteiger partial charge < -0.3 is 4.57 Å². The predicted molar refractivity (Wildman–Crippen MR) is 74.6 cm³/mol. The molecule has 0 radical (unpaired) electrons. The molecule has 3 heteroatoms. The first-order valence-corrected chi connectivity index (χ1v) is 6.52. The lowest BCUT2D eigenvalue weighted by Crippen LogP contribution is -2.21. The molecule has 0 aliphatic heterocycles. The van der Waals surface area contributed by atoms with Gasteiger partial charge in [-0.15, -0.1) is 0 Å². The maximum Gasteiger partial charge on any atom is 0.145 e. The molecule has 94 valence electrons. The summed E-state index contributed by atoms with van der Waals surface area (Å²) >= 11 is 0. The van der Waals surface area contributed by atoms with Crippen molar-refractivity contribution in [3.63, 3.8) is 0 Å². The zero-order chi connectivity index (χ0) is 12.9. The number of nitrogens with zero attached hydrogens (tertiary/aromatic N) is 3. The molecule has 0 amide bonds. The molecule has 0 N–H and O–H groups in total. The van der Waals surface area contributed by atoms with Crippen LogP contribution in [0.25, 0.3) is 17.1 Å². The van der Waals surface area contributed by atoms with E-state index < -0.39 is 0 Å². The SMILES string of the molecule is Cc1nc2c3c(cn(C(C)(C)C)c3n1)C=CCC2. The van der Waals surface area contributed by atoms with Crippen LogP contribution < -0.4 is 0 Å². The minimum atomic E-state index is 0.0433. The van der Waals surface area contributed by atoms with Gasteiger partial charge in [0, 0.05) is 22.7 Å². The van der Waals surface area contributed by atoms with Gasteiger partial charge in [-0.2, -0.15) is 0 Å². The zero-order valence-electron chi connectivity index (χ0n) is 11.5. The van der Waals surface area contributed by atoms with Gasteiger partial charge in [0.1, 0.15) is 11.5 Å². The first-order chi connectivity index (χ1) is 8.47. The van der Waals surface area contributed by atoms with Crippen LogP contribution in [0.15, 0.2) is 12.3 Å². The molecule has 0 atom stereocenters. The fourth-order valence-electron chi connectivity index (χ4n) is 2.60. The van der Waals surface area contributed by atoms with Gasteiger partial charge in [0.25, 0.3) is 0 Å². The van der Waals surface area contributed by atoms with Crippen molar-refractivity contribution in [2.24, 2.45) is 0 Å². The Morgan fingerprint density at radius 1 is 1.22 bits per heavy atom. The molecule has 0 bridgehead atoms. The van der Waals surface area contributed by atoms with Crippen LogP contribution in [0.1, 0.15) is 44.3 Å². The molecule has 0 aromatic carbocycles. The van der Waals surface area contributed by atoms with Crippen molar-refractivity contribution < 1.29 is 0 Å². The Balaban J connectivity index is 2.43. The van der Waals surface area contributed by atoms with E-state index in [9.17, 15) is 0 Å². The normalized spacial score (nSPS) is 15.1. The van der Waals surface area contributed by atoms with Crippen LogP contribution in [0.3, 0.4) is 0 Å². The van der Waals surface area contributed by atoms with E-state index in [1.54, 1.807) is 0 Å².